The molecule has 0 saturated heterocycles. The number of aryl methyl sites for hydroxylation is 1. The van der Waals surface area contributed by atoms with E-state index in [1.165, 1.54) is 18.2 Å². The zero-order chi connectivity index (χ0) is 17.0. The number of carboxylic acid groups (broad SMARTS) is 1. The summed E-state index contributed by atoms with van der Waals surface area (Å²) in [6.07, 6.45) is 1.75. The lowest BCUT2D eigenvalue weighted by atomic mass is 10.1. The molecular weight excluding hydrogens is 314 g/mol. The number of amides is 1. The van der Waals surface area contributed by atoms with Crippen LogP contribution in [0.1, 0.15) is 28.4 Å². The fraction of sp³-hybridized carbons (Fsp3) is 0.111. The Kier molecular flexibility index (Phi) is 5.19. The molecule has 2 N–H and O–H groups in total. The maximum Gasteiger partial charge on any atom is 0.335 e. The summed E-state index contributed by atoms with van der Waals surface area (Å²) in [5.41, 5.74) is 2.87. The van der Waals surface area contributed by atoms with Crippen molar-refractivity contribution in [2.24, 2.45) is 0 Å². The van der Waals surface area contributed by atoms with Gasteiger partial charge in [0.1, 0.15) is 0 Å². The number of carbonyl (C=O) groups is 2. The second-order valence-corrected chi connectivity index (χ2v) is 5.60. The van der Waals surface area contributed by atoms with E-state index in [1.54, 1.807) is 13.0 Å². The minimum atomic E-state index is -1.08. The van der Waals surface area contributed by atoms with Gasteiger partial charge in [0.05, 0.1) is 16.3 Å². The molecule has 0 saturated carbocycles. The molecule has 23 heavy (non-hydrogen) atoms. The lowest BCUT2D eigenvalue weighted by molar-refractivity contribution is -0.112. The van der Waals surface area contributed by atoms with E-state index in [0.29, 0.717) is 5.57 Å². The van der Waals surface area contributed by atoms with Crippen molar-refractivity contribution in [3.63, 3.8) is 0 Å². The Bertz CT molecular complexity index is 779. The van der Waals surface area contributed by atoms with Crippen molar-refractivity contribution in [1.29, 1.82) is 0 Å². The topological polar surface area (TPSA) is 66.4 Å². The highest BCUT2D eigenvalue weighted by atomic mass is 35.5. The third-order valence-electron chi connectivity index (χ3n) is 3.28. The molecule has 2 rings (SSSR count). The molecule has 2 aromatic rings. The molecule has 0 spiro atoms. The Morgan fingerprint density at radius 1 is 1.13 bits per heavy atom. The number of rotatable bonds is 4. The molecule has 0 aliphatic heterocycles. The van der Waals surface area contributed by atoms with Crippen molar-refractivity contribution in [2.45, 2.75) is 13.8 Å². The van der Waals surface area contributed by atoms with Gasteiger partial charge in [-0.3, -0.25) is 4.79 Å². The summed E-state index contributed by atoms with van der Waals surface area (Å²) in [4.78, 5) is 23.2. The molecule has 0 bridgehead atoms. The quantitative estimate of drug-likeness (QED) is 0.817. The highest BCUT2D eigenvalue weighted by Crippen LogP contribution is 2.24. The average molecular weight is 330 g/mol. The van der Waals surface area contributed by atoms with E-state index < -0.39 is 5.97 Å². The smallest absolute Gasteiger partial charge is 0.335 e. The van der Waals surface area contributed by atoms with Crippen molar-refractivity contribution in [1.82, 2.24) is 0 Å². The van der Waals surface area contributed by atoms with Gasteiger partial charge in [-0.25, -0.2) is 4.79 Å². The molecule has 5 heteroatoms. The molecule has 0 aliphatic carbocycles. The molecule has 0 atom stereocenters. The van der Waals surface area contributed by atoms with Crippen LogP contribution in [0.15, 0.2) is 48.0 Å². The predicted octanol–water partition coefficient (Wildman–Crippen LogP) is 4.39. The molecule has 1 amide bonds. The van der Waals surface area contributed by atoms with Crippen LogP contribution in [0.4, 0.5) is 5.69 Å². The lowest BCUT2D eigenvalue weighted by Crippen LogP contribution is -2.13. The number of anilines is 1. The number of hydrogen-bond acceptors (Lipinski definition) is 2. The zero-order valence-corrected chi connectivity index (χ0v) is 13.5. The van der Waals surface area contributed by atoms with Crippen LogP contribution in [0.2, 0.25) is 5.02 Å². The van der Waals surface area contributed by atoms with Crippen LogP contribution in [-0.2, 0) is 4.79 Å². The second-order valence-electron chi connectivity index (χ2n) is 5.19. The van der Waals surface area contributed by atoms with Gasteiger partial charge >= 0.3 is 5.97 Å². The largest absolute Gasteiger partial charge is 0.478 e. The fourth-order valence-electron chi connectivity index (χ4n) is 1.95. The number of hydrogen-bond donors (Lipinski definition) is 2. The Balaban J connectivity index is 2.19. The maximum absolute atomic E-state index is 12.2. The Morgan fingerprint density at radius 3 is 2.39 bits per heavy atom. The van der Waals surface area contributed by atoms with Crippen molar-refractivity contribution in [3.05, 3.63) is 69.8 Å². The van der Waals surface area contributed by atoms with Crippen LogP contribution in [0.5, 0.6) is 0 Å². The summed E-state index contributed by atoms with van der Waals surface area (Å²) in [5, 5.41) is 11.9. The Labute approximate surface area is 139 Å². The van der Waals surface area contributed by atoms with Crippen LogP contribution < -0.4 is 5.32 Å². The number of aromatic carboxylic acids is 1. The van der Waals surface area contributed by atoms with Crippen molar-refractivity contribution in [3.8, 4) is 0 Å². The van der Waals surface area contributed by atoms with Gasteiger partial charge in [0.2, 0.25) is 0 Å². The van der Waals surface area contributed by atoms with Crippen LogP contribution in [-0.4, -0.2) is 17.0 Å². The van der Waals surface area contributed by atoms with E-state index >= 15 is 0 Å². The summed E-state index contributed by atoms with van der Waals surface area (Å²) in [6, 6.07) is 11.9. The monoisotopic (exact) mass is 329 g/mol. The SMILES string of the molecule is C/C(=C\c1ccc(C)cc1)C(=O)Nc1cc(C(=O)O)ccc1Cl. The molecule has 0 aliphatic rings. The van der Waals surface area contributed by atoms with Gasteiger partial charge < -0.3 is 10.4 Å². The van der Waals surface area contributed by atoms with Crippen LogP contribution in [0.3, 0.4) is 0 Å². The average Bonchev–Trinajstić information content (AvgIpc) is 2.51. The second kappa shape index (κ2) is 7.11. The Hall–Kier alpha value is -2.59. The van der Waals surface area contributed by atoms with Gasteiger partial charge in [-0.15, -0.1) is 0 Å². The first-order valence-electron chi connectivity index (χ1n) is 6.96. The summed E-state index contributed by atoms with van der Waals surface area (Å²) in [6.45, 7) is 3.68. The molecule has 0 heterocycles. The van der Waals surface area contributed by atoms with Crippen molar-refractivity contribution >= 4 is 35.2 Å². The minimum Gasteiger partial charge on any atom is -0.478 e. The fourth-order valence-corrected chi connectivity index (χ4v) is 2.12. The molecular formula is C18H16ClNO3. The van der Waals surface area contributed by atoms with Crippen molar-refractivity contribution < 1.29 is 14.7 Å². The molecule has 2 aromatic carbocycles. The van der Waals surface area contributed by atoms with Crippen LogP contribution >= 0.6 is 11.6 Å². The minimum absolute atomic E-state index is 0.0601. The number of nitrogens with one attached hydrogen (secondary N) is 1. The third-order valence-corrected chi connectivity index (χ3v) is 3.61. The highest BCUT2D eigenvalue weighted by molar-refractivity contribution is 6.34. The van der Waals surface area contributed by atoms with E-state index in [0.717, 1.165) is 11.1 Å². The molecule has 0 radical (unpaired) electrons. The van der Waals surface area contributed by atoms with Gasteiger partial charge in [0.15, 0.2) is 0 Å². The van der Waals surface area contributed by atoms with E-state index in [9.17, 15) is 9.59 Å². The highest BCUT2D eigenvalue weighted by Gasteiger charge is 2.11. The third kappa shape index (κ3) is 4.44. The number of benzene rings is 2. The molecule has 4 nitrogen and oxygen atoms in total. The zero-order valence-electron chi connectivity index (χ0n) is 12.8. The summed E-state index contributed by atoms with van der Waals surface area (Å²) in [5.74, 6) is -1.42. The maximum atomic E-state index is 12.2. The molecule has 0 aromatic heterocycles. The van der Waals surface area contributed by atoms with Gasteiger partial charge in [-0.2, -0.15) is 0 Å². The van der Waals surface area contributed by atoms with Gasteiger partial charge in [-0.05, 0) is 43.7 Å². The molecule has 0 fully saturated rings. The first-order valence-corrected chi connectivity index (χ1v) is 7.34. The number of halogens is 1. The predicted molar refractivity (Wildman–Crippen MR) is 91.9 cm³/mol. The first kappa shape index (κ1) is 16.8. The van der Waals surface area contributed by atoms with Gasteiger partial charge in [0.25, 0.3) is 5.91 Å². The van der Waals surface area contributed by atoms with E-state index in [-0.39, 0.29) is 22.2 Å². The first-order chi connectivity index (χ1) is 10.9. The summed E-state index contributed by atoms with van der Waals surface area (Å²) >= 11 is 6.00. The molecule has 0 unspecified atom stereocenters. The Morgan fingerprint density at radius 2 is 1.78 bits per heavy atom. The number of carbonyl (C=O) groups excluding carboxylic acids is 1. The van der Waals surface area contributed by atoms with Gasteiger partial charge in [-0.1, -0.05) is 41.4 Å². The van der Waals surface area contributed by atoms with Gasteiger partial charge in [0, 0.05) is 5.57 Å². The van der Waals surface area contributed by atoms with E-state index in [2.05, 4.69) is 5.32 Å². The number of carboxylic acids is 1. The molecule has 118 valence electrons. The van der Waals surface area contributed by atoms with E-state index in [1.807, 2.05) is 31.2 Å². The van der Waals surface area contributed by atoms with Crippen LogP contribution in [0.25, 0.3) is 6.08 Å². The van der Waals surface area contributed by atoms with Crippen LogP contribution in [0, 0.1) is 6.92 Å². The van der Waals surface area contributed by atoms with E-state index in [4.69, 9.17) is 16.7 Å². The normalized spacial score (nSPS) is 11.2. The summed E-state index contributed by atoms with van der Waals surface area (Å²) < 4.78 is 0. The summed E-state index contributed by atoms with van der Waals surface area (Å²) in [7, 11) is 0. The lowest BCUT2D eigenvalue weighted by Gasteiger charge is -2.08. The van der Waals surface area contributed by atoms with Crippen molar-refractivity contribution in [2.75, 3.05) is 5.32 Å². The standard InChI is InChI=1S/C18H16ClNO3/c1-11-3-5-13(6-4-11)9-12(2)17(21)20-16-10-14(18(22)23)7-8-15(16)19/h3-10H,1-2H3,(H,20,21)(H,22,23)/b12-9+.